The Balaban J connectivity index is 1.65. The molecule has 1 atom stereocenters. The van der Waals surface area contributed by atoms with Gasteiger partial charge in [0.2, 0.25) is 0 Å². The predicted molar refractivity (Wildman–Crippen MR) is 93.8 cm³/mol. The molecule has 0 amide bonds. The van der Waals surface area contributed by atoms with Crippen LogP contribution in [0.25, 0.3) is 22.4 Å². The molecule has 1 aromatic heterocycles. The molecule has 0 bridgehead atoms. The van der Waals surface area contributed by atoms with Gasteiger partial charge in [0.15, 0.2) is 6.19 Å². The molecule has 4 rings (SSSR count). The molecule has 24 heavy (non-hydrogen) atoms. The van der Waals surface area contributed by atoms with Crippen molar-refractivity contribution in [2.45, 2.75) is 18.9 Å². The molecule has 0 saturated carbocycles. The highest BCUT2D eigenvalue weighted by atomic mass is 15.2. The molecule has 0 aliphatic carbocycles. The third-order valence-electron chi connectivity index (χ3n) is 4.60. The minimum Gasteiger partial charge on any atom is -0.302 e. The quantitative estimate of drug-likeness (QED) is 0.731. The van der Waals surface area contributed by atoms with Crippen molar-refractivity contribution in [2.24, 2.45) is 0 Å². The first-order valence-corrected chi connectivity index (χ1v) is 8.23. The van der Waals surface area contributed by atoms with Gasteiger partial charge in [-0.05, 0) is 36.1 Å². The predicted octanol–water partition coefficient (Wildman–Crippen LogP) is 4.36. The summed E-state index contributed by atoms with van der Waals surface area (Å²) in [6.07, 6.45) is 4.33. The molecule has 1 N–H and O–H groups in total. The normalized spacial score (nSPS) is 17.0. The maximum absolute atomic E-state index is 9.23. The van der Waals surface area contributed by atoms with Gasteiger partial charge in [-0.25, -0.2) is 0 Å². The van der Waals surface area contributed by atoms with Crippen LogP contribution in [0.1, 0.15) is 24.6 Å². The average molecular weight is 314 g/mol. The summed E-state index contributed by atoms with van der Waals surface area (Å²) in [4.78, 5) is 1.83. The van der Waals surface area contributed by atoms with Crippen molar-refractivity contribution in [1.82, 2.24) is 15.1 Å². The monoisotopic (exact) mass is 314 g/mol. The van der Waals surface area contributed by atoms with Crippen molar-refractivity contribution < 1.29 is 0 Å². The molecule has 3 aromatic rings. The number of aromatic amines is 1. The Morgan fingerprint density at radius 3 is 2.62 bits per heavy atom. The number of hydrogen-bond donors (Lipinski definition) is 1. The summed E-state index contributed by atoms with van der Waals surface area (Å²) < 4.78 is 0. The number of aromatic nitrogens is 2. The third kappa shape index (κ3) is 2.65. The Hall–Kier alpha value is -3.06. The number of likely N-dealkylation sites (tertiary alicyclic amines) is 1. The fraction of sp³-hybridized carbons (Fsp3) is 0.200. The van der Waals surface area contributed by atoms with Gasteiger partial charge in [0.05, 0.1) is 17.4 Å². The zero-order valence-corrected chi connectivity index (χ0v) is 13.3. The maximum atomic E-state index is 9.23. The van der Waals surface area contributed by atoms with E-state index in [-0.39, 0.29) is 6.04 Å². The highest BCUT2D eigenvalue weighted by Gasteiger charge is 2.26. The molecular weight excluding hydrogens is 296 g/mol. The molecule has 1 fully saturated rings. The van der Waals surface area contributed by atoms with Crippen LogP contribution < -0.4 is 0 Å². The van der Waals surface area contributed by atoms with E-state index < -0.39 is 0 Å². The number of nitrogens with zero attached hydrogens (tertiary/aromatic N) is 3. The van der Waals surface area contributed by atoms with Crippen molar-refractivity contribution in [1.29, 1.82) is 5.26 Å². The minimum atomic E-state index is 0.133. The SMILES string of the molecule is N#CN1CCCC1c1cc(-c2cccc(-c3ccccc3)c2)n[nH]1. The van der Waals surface area contributed by atoms with Gasteiger partial charge in [0, 0.05) is 12.1 Å². The van der Waals surface area contributed by atoms with Crippen LogP contribution in [0.3, 0.4) is 0 Å². The first kappa shape index (κ1) is 14.5. The van der Waals surface area contributed by atoms with Crippen LogP contribution in [0.2, 0.25) is 0 Å². The van der Waals surface area contributed by atoms with Crippen LogP contribution in [0, 0.1) is 11.5 Å². The fourth-order valence-electron chi connectivity index (χ4n) is 3.35. The van der Waals surface area contributed by atoms with Gasteiger partial charge in [0.25, 0.3) is 0 Å². The van der Waals surface area contributed by atoms with E-state index in [0.29, 0.717) is 0 Å². The molecule has 4 nitrogen and oxygen atoms in total. The van der Waals surface area contributed by atoms with Gasteiger partial charge >= 0.3 is 0 Å². The maximum Gasteiger partial charge on any atom is 0.179 e. The number of hydrogen-bond acceptors (Lipinski definition) is 3. The lowest BCUT2D eigenvalue weighted by atomic mass is 10.0. The molecule has 1 unspecified atom stereocenters. The number of H-pyrrole nitrogens is 1. The van der Waals surface area contributed by atoms with Crippen molar-refractivity contribution in [2.75, 3.05) is 6.54 Å². The van der Waals surface area contributed by atoms with E-state index in [0.717, 1.165) is 36.3 Å². The summed E-state index contributed by atoms with van der Waals surface area (Å²) in [6.45, 7) is 0.832. The fourth-order valence-corrected chi connectivity index (χ4v) is 3.35. The van der Waals surface area contributed by atoms with Crippen LogP contribution in [0.5, 0.6) is 0 Å². The van der Waals surface area contributed by atoms with E-state index in [2.05, 4.69) is 58.9 Å². The van der Waals surface area contributed by atoms with Gasteiger partial charge in [-0.2, -0.15) is 10.4 Å². The number of rotatable bonds is 3. The Bertz CT molecular complexity index is 876. The average Bonchev–Trinajstić information content (AvgIpc) is 3.31. The lowest BCUT2D eigenvalue weighted by molar-refractivity contribution is 0.367. The first-order chi connectivity index (χ1) is 11.8. The first-order valence-electron chi connectivity index (χ1n) is 8.23. The second-order valence-corrected chi connectivity index (χ2v) is 6.11. The Kier molecular flexibility index (Phi) is 3.76. The molecule has 2 heterocycles. The summed E-state index contributed by atoms with van der Waals surface area (Å²) in [7, 11) is 0. The van der Waals surface area contributed by atoms with Crippen LogP contribution in [0.15, 0.2) is 60.7 Å². The molecule has 118 valence electrons. The smallest absolute Gasteiger partial charge is 0.179 e. The molecule has 2 aromatic carbocycles. The van der Waals surface area contributed by atoms with E-state index in [9.17, 15) is 5.26 Å². The van der Waals surface area contributed by atoms with Crippen molar-refractivity contribution >= 4 is 0 Å². The van der Waals surface area contributed by atoms with Gasteiger partial charge in [-0.1, -0.05) is 48.5 Å². The minimum absolute atomic E-state index is 0.133. The van der Waals surface area contributed by atoms with Crippen LogP contribution >= 0.6 is 0 Å². The summed E-state index contributed by atoms with van der Waals surface area (Å²) >= 11 is 0. The summed E-state index contributed by atoms with van der Waals surface area (Å²) in [5.41, 5.74) is 5.40. The van der Waals surface area contributed by atoms with Gasteiger partial charge in [-0.3, -0.25) is 5.10 Å². The topological polar surface area (TPSA) is 55.7 Å². The third-order valence-corrected chi connectivity index (χ3v) is 4.60. The summed E-state index contributed by atoms with van der Waals surface area (Å²) in [5, 5.41) is 16.8. The molecule has 4 heteroatoms. The standard InChI is InChI=1S/C20H18N4/c21-14-24-11-5-10-20(24)19-13-18(22-23-19)17-9-4-8-16(12-17)15-6-2-1-3-7-15/h1-4,6-9,12-13,20H,5,10-11H2,(H,22,23). The van der Waals surface area contributed by atoms with Gasteiger partial charge in [-0.15, -0.1) is 0 Å². The van der Waals surface area contributed by atoms with Crippen LogP contribution in [0.4, 0.5) is 0 Å². The number of benzene rings is 2. The van der Waals surface area contributed by atoms with Crippen LogP contribution in [-0.4, -0.2) is 21.6 Å². The zero-order valence-electron chi connectivity index (χ0n) is 13.3. The molecule has 1 saturated heterocycles. The molecule has 1 aliphatic heterocycles. The summed E-state index contributed by atoms with van der Waals surface area (Å²) in [6, 6.07) is 20.9. The van der Waals surface area contributed by atoms with Crippen molar-refractivity contribution in [3.63, 3.8) is 0 Å². The van der Waals surface area contributed by atoms with Crippen LogP contribution in [-0.2, 0) is 0 Å². The van der Waals surface area contributed by atoms with E-state index in [4.69, 9.17) is 0 Å². The molecular formula is C20H18N4. The van der Waals surface area contributed by atoms with Crippen molar-refractivity contribution in [3.8, 4) is 28.6 Å². The highest BCUT2D eigenvalue weighted by Crippen LogP contribution is 2.32. The lowest BCUT2D eigenvalue weighted by Crippen LogP contribution is -2.17. The second kappa shape index (κ2) is 6.21. The molecule has 0 radical (unpaired) electrons. The van der Waals surface area contributed by atoms with E-state index in [1.807, 2.05) is 23.1 Å². The number of nitrogens with one attached hydrogen (secondary N) is 1. The van der Waals surface area contributed by atoms with E-state index >= 15 is 0 Å². The summed E-state index contributed by atoms with van der Waals surface area (Å²) in [5.74, 6) is 0. The zero-order chi connectivity index (χ0) is 16.4. The van der Waals surface area contributed by atoms with Gasteiger partial charge in [0.1, 0.15) is 0 Å². The second-order valence-electron chi connectivity index (χ2n) is 6.11. The lowest BCUT2D eigenvalue weighted by Gasteiger charge is -2.15. The van der Waals surface area contributed by atoms with E-state index in [1.54, 1.807) is 0 Å². The largest absolute Gasteiger partial charge is 0.302 e. The molecule has 1 aliphatic rings. The molecule has 0 spiro atoms. The Morgan fingerprint density at radius 2 is 1.79 bits per heavy atom. The Morgan fingerprint density at radius 1 is 1.00 bits per heavy atom. The van der Waals surface area contributed by atoms with Gasteiger partial charge < -0.3 is 4.90 Å². The Labute approximate surface area is 141 Å². The van der Waals surface area contributed by atoms with E-state index in [1.165, 1.54) is 11.1 Å². The number of nitriles is 1. The van der Waals surface area contributed by atoms with Crippen molar-refractivity contribution in [3.05, 3.63) is 66.4 Å². The highest BCUT2D eigenvalue weighted by molar-refractivity contribution is 5.71.